The minimum absolute atomic E-state index is 0.0972. The van der Waals surface area contributed by atoms with Gasteiger partial charge in [-0.05, 0) is 22.9 Å². The Morgan fingerprint density at radius 2 is 1.67 bits per heavy atom. The van der Waals surface area contributed by atoms with Gasteiger partial charge < -0.3 is 0 Å². The van der Waals surface area contributed by atoms with Gasteiger partial charge in [0.15, 0.2) is 0 Å². The summed E-state index contributed by atoms with van der Waals surface area (Å²) >= 11 is 0. The summed E-state index contributed by atoms with van der Waals surface area (Å²) in [5.41, 5.74) is -1.09. The Hall–Kier alpha value is -1.60. The zero-order valence-corrected chi connectivity index (χ0v) is 9.59. The first-order chi connectivity index (χ1) is 8.19. The Bertz CT molecular complexity index is 705. The van der Waals surface area contributed by atoms with Crippen molar-refractivity contribution in [3.63, 3.8) is 0 Å². The maximum absolute atomic E-state index is 12.8. The van der Waals surface area contributed by atoms with Crippen LogP contribution in [0.1, 0.15) is 5.56 Å². The van der Waals surface area contributed by atoms with Crippen molar-refractivity contribution in [1.29, 1.82) is 0 Å². The maximum atomic E-state index is 12.8. The van der Waals surface area contributed by atoms with Crippen LogP contribution >= 0.6 is 0 Å². The molecule has 0 atom stereocenters. The van der Waals surface area contributed by atoms with Crippen LogP contribution in [0.4, 0.5) is 13.2 Å². The van der Waals surface area contributed by atoms with E-state index in [1.807, 2.05) is 0 Å². The molecule has 0 saturated heterocycles. The van der Waals surface area contributed by atoms with Crippen LogP contribution in [0.3, 0.4) is 0 Å². The van der Waals surface area contributed by atoms with E-state index in [1.54, 1.807) is 0 Å². The molecule has 2 aromatic carbocycles. The largest absolute Gasteiger partial charge is 0.417 e. The number of hydrogen-bond acceptors (Lipinski definition) is 2. The second-order valence-corrected chi connectivity index (χ2v) is 5.09. The molecule has 1 N–H and O–H groups in total. The number of halogens is 3. The van der Waals surface area contributed by atoms with E-state index in [0.29, 0.717) is 6.07 Å². The van der Waals surface area contributed by atoms with E-state index in [0.717, 1.165) is 6.07 Å². The zero-order valence-electron chi connectivity index (χ0n) is 8.77. The number of benzene rings is 2. The summed E-state index contributed by atoms with van der Waals surface area (Å²) in [5.74, 6) is 0. The van der Waals surface area contributed by atoms with Crippen LogP contribution in [0.25, 0.3) is 10.8 Å². The van der Waals surface area contributed by atoms with E-state index in [1.165, 1.54) is 24.3 Å². The summed E-state index contributed by atoms with van der Waals surface area (Å²) in [6.45, 7) is 0. The lowest BCUT2D eigenvalue weighted by Gasteiger charge is -2.11. The molecular weight excluding hydrogens is 269 g/mol. The SMILES string of the molecule is O=S(=O)(O)c1cc(C(F)(F)F)c2ccccc2c1. The molecule has 0 fully saturated rings. The highest BCUT2D eigenvalue weighted by atomic mass is 32.2. The van der Waals surface area contributed by atoms with E-state index in [4.69, 9.17) is 4.55 Å². The van der Waals surface area contributed by atoms with E-state index in [-0.39, 0.29) is 10.8 Å². The molecule has 0 amide bonds. The molecule has 0 aromatic heterocycles. The molecule has 7 heteroatoms. The van der Waals surface area contributed by atoms with E-state index >= 15 is 0 Å². The molecule has 96 valence electrons. The Morgan fingerprint density at radius 3 is 2.22 bits per heavy atom. The standard InChI is InChI=1S/C11H7F3O3S/c12-11(13,14)10-6-8(18(15,16)17)5-7-3-1-2-4-9(7)10/h1-6H,(H,15,16,17). The molecule has 0 unspecified atom stereocenters. The van der Waals surface area contributed by atoms with Crippen LogP contribution in [-0.4, -0.2) is 13.0 Å². The fourth-order valence-electron chi connectivity index (χ4n) is 1.67. The van der Waals surface area contributed by atoms with Gasteiger partial charge in [-0.15, -0.1) is 0 Å². The molecule has 0 radical (unpaired) electrons. The van der Waals surface area contributed by atoms with Crippen molar-refractivity contribution < 1.29 is 26.1 Å². The Labute approximate surface area is 101 Å². The number of alkyl halides is 3. The number of rotatable bonds is 1. The molecule has 0 bridgehead atoms. The van der Waals surface area contributed by atoms with Crippen LogP contribution in [0, 0.1) is 0 Å². The summed E-state index contributed by atoms with van der Waals surface area (Å²) in [6.07, 6.45) is -4.69. The minimum atomic E-state index is -4.69. The Balaban J connectivity index is 2.90. The highest BCUT2D eigenvalue weighted by Crippen LogP contribution is 2.36. The van der Waals surface area contributed by atoms with Gasteiger partial charge in [-0.2, -0.15) is 21.6 Å². The van der Waals surface area contributed by atoms with Crippen molar-refractivity contribution in [2.24, 2.45) is 0 Å². The van der Waals surface area contributed by atoms with Crippen molar-refractivity contribution in [3.05, 3.63) is 42.0 Å². The Kier molecular flexibility index (Phi) is 2.83. The van der Waals surface area contributed by atoms with E-state index in [9.17, 15) is 21.6 Å². The van der Waals surface area contributed by atoms with Gasteiger partial charge >= 0.3 is 6.18 Å². The third-order valence-electron chi connectivity index (χ3n) is 2.44. The van der Waals surface area contributed by atoms with Gasteiger partial charge in [0.2, 0.25) is 0 Å². The highest BCUT2D eigenvalue weighted by molar-refractivity contribution is 7.85. The lowest BCUT2D eigenvalue weighted by molar-refractivity contribution is -0.136. The van der Waals surface area contributed by atoms with Gasteiger partial charge in [0.05, 0.1) is 10.5 Å². The maximum Gasteiger partial charge on any atom is 0.417 e. The van der Waals surface area contributed by atoms with Crippen LogP contribution in [0.2, 0.25) is 0 Å². The van der Waals surface area contributed by atoms with Crippen LogP contribution in [0.5, 0.6) is 0 Å². The lowest BCUT2D eigenvalue weighted by Crippen LogP contribution is -2.08. The van der Waals surface area contributed by atoms with E-state index < -0.39 is 26.8 Å². The van der Waals surface area contributed by atoms with Gasteiger partial charge in [-0.25, -0.2) is 0 Å². The molecule has 0 aliphatic carbocycles. The summed E-state index contributed by atoms with van der Waals surface area (Å²) in [7, 11) is -4.68. The summed E-state index contributed by atoms with van der Waals surface area (Å²) < 4.78 is 69.2. The predicted octanol–water partition coefficient (Wildman–Crippen LogP) is 3.11. The summed E-state index contributed by atoms with van der Waals surface area (Å²) in [4.78, 5) is -0.770. The molecule has 18 heavy (non-hydrogen) atoms. The first kappa shape index (κ1) is 12.8. The average molecular weight is 276 g/mol. The minimum Gasteiger partial charge on any atom is -0.282 e. The average Bonchev–Trinajstić information content (AvgIpc) is 2.25. The van der Waals surface area contributed by atoms with Crippen LogP contribution < -0.4 is 0 Å². The van der Waals surface area contributed by atoms with Gasteiger partial charge in [-0.1, -0.05) is 24.3 Å². The van der Waals surface area contributed by atoms with Gasteiger partial charge in [0.1, 0.15) is 0 Å². The Morgan fingerprint density at radius 1 is 1.06 bits per heavy atom. The molecule has 0 aliphatic heterocycles. The van der Waals surface area contributed by atoms with Gasteiger partial charge in [0.25, 0.3) is 10.1 Å². The molecule has 2 aromatic rings. The van der Waals surface area contributed by atoms with Crippen molar-refractivity contribution in [3.8, 4) is 0 Å². The number of hydrogen-bond donors (Lipinski definition) is 1. The van der Waals surface area contributed by atoms with Crippen molar-refractivity contribution in [2.45, 2.75) is 11.1 Å². The monoisotopic (exact) mass is 276 g/mol. The van der Waals surface area contributed by atoms with Gasteiger partial charge in [0, 0.05) is 0 Å². The second kappa shape index (κ2) is 3.96. The smallest absolute Gasteiger partial charge is 0.282 e. The molecule has 0 saturated carbocycles. The molecular formula is C11H7F3O3S. The fourth-order valence-corrected chi connectivity index (χ4v) is 2.21. The lowest BCUT2D eigenvalue weighted by atomic mass is 10.0. The third-order valence-corrected chi connectivity index (χ3v) is 3.27. The van der Waals surface area contributed by atoms with Gasteiger partial charge in [-0.3, -0.25) is 4.55 Å². The quantitative estimate of drug-likeness (QED) is 0.814. The fraction of sp³-hybridized carbons (Fsp3) is 0.0909. The van der Waals surface area contributed by atoms with Crippen molar-refractivity contribution in [1.82, 2.24) is 0 Å². The van der Waals surface area contributed by atoms with Crippen LogP contribution in [0.15, 0.2) is 41.3 Å². The van der Waals surface area contributed by atoms with Crippen molar-refractivity contribution in [2.75, 3.05) is 0 Å². The normalized spacial score (nSPS) is 12.9. The molecule has 0 aliphatic rings. The molecule has 0 spiro atoms. The zero-order chi connectivity index (χ0) is 13.6. The predicted molar refractivity (Wildman–Crippen MR) is 58.8 cm³/mol. The third kappa shape index (κ3) is 2.32. The summed E-state index contributed by atoms with van der Waals surface area (Å²) in [6, 6.07) is 6.92. The highest BCUT2D eigenvalue weighted by Gasteiger charge is 2.33. The van der Waals surface area contributed by atoms with Crippen molar-refractivity contribution >= 4 is 20.9 Å². The molecule has 3 nitrogen and oxygen atoms in total. The topological polar surface area (TPSA) is 54.4 Å². The molecule has 0 heterocycles. The van der Waals surface area contributed by atoms with E-state index in [2.05, 4.69) is 0 Å². The first-order valence-corrected chi connectivity index (χ1v) is 6.21. The first-order valence-electron chi connectivity index (χ1n) is 4.77. The second-order valence-electron chi connectivity index (χ2n) is 3.66. The number of fused-ring (bicyclic) bond motifs is 1. The summed E-state index contributed by atoms with van der Waals surface area (Å²) in [5, 5.41) is -0.0163. The van der Waals surface area contributed by atoms with Crippen LogP contribution in [-0.2, 0) is 16.3 Å². The molecule has 2 rings (SSSR count).